The van der Waals surface area contributed by atoms with Crippen molar-refractivity contribution in [3.63, 3.8) is 0 Å². The Kier molecular flexibility index (Phi) is 5.01. The van der Waals surface area contributed by atoms with Gasteiger partial charge in [-0.3, -0.25) is 4.79 Å². The summed E-state index contributed by atoms with van der Waals surface area (Å²) in [4.78, 5) is 14.5. The van der Waals surface area contributed by atoms with E-state index in [0.29, 0.717) is 0 Å². The molecule has 0 bridgehead atoms. The third-order valence-corrected chi connectivity index (χ3v) is 4.44. The zero-order chi connectivity index (χ0) is 15.6. The summed E-state index contributed by atoms with van der Waals surface area (Å²) >= 11 is 0. The fraction of sp³-hybridized carbons (Fsp3) is 0.588. The Bertz CT molecular complexity index is 510. The van der Waals surface area contributed by atoms with Crippen LogP contribution in [0.3, 0.4) is 0 Å². The van der Waals surface area contributed by atoms with Gasteiger partial charge in [0.15, 0.2) is 0 Å². The van der Waals surface area contributed by atoms with Crippen molar-refractivity contribution in [2.45, 2.75) is 52.2 Å². The van der Waals surface area contributed by atoms with E-state index in [1.54, 1.807) is 6.92 Å². The number of fused-ring (bicyclic) bond motifs is 1. The van der Waals surface area contributed by atoms with Gasteiger partial charge in [0, 0.05) is 24.2 Å². The summed E-state index contributed by atoms with van der Waals surface area (Å²) in [7, 11) is 0. The first kappa shape index (κ1) is 16.0. The third-order valence-electron chi connectivity index (χ3n) is 4.44. The molecule has 0 aliphatic carbocycles. The highest BCUT2D eigenvalue weighted by Crippen LogP contribution is 2.32. The molecule has 1 aromatic rings. The molecule has 2 atom stereocenters. The number of amides is 1. The zero-order valence-corrected chi connectivity index (χ0v) is 13.2. The topological polar surface area (TPSA) is 66.6 Å². The molecule has 2 unspecified atom stereocenters. The second-order valence-electron chi connectivity index (χ2n) is 5.95. The smallest absolute Gasteiger partial charge is 0.230 e. The van der Waals surface area contributed by atoms with Crippen LogP contribution in [-0.2, 0) is 11.2 Å². The van der Waals surface area contributed by atoms with Gasteiger partial charge in [-0.1, -0.05) is 26.0 Å². The van der Waals surface area contributed by atoms with Crippen LogP contribution in [0.4, 0.5) is 5.69 Å². The fourth-order valence-corrected chi connectivity index (χ4v) is 3.00. The molecule has 116 valence electrons. The molecular formula is C17H26N2O2. The van der Waals surface area contributed by atoms with Crippen molar-refractivity contribution in [2.75, 3.05) is 11.4 Å². The maximum atomic E-state index is 12.6. The first-order valence-electron chi connectivity index (χ1n) is 7.87. The Morgan fingerprint density at radius 2 is 2.05 bits per heavy atom. The molecule has 0 fully saturated rings. The van der Waals surface area contributed by atoms with Crippen molar-refractivity contribution in [3.8, 4) is 0 Å². The zero-order valence-electron chi connectivity index (χ0n) is 13.2. The van der Waals surface area contributed by atoms with Crippen molar-refractivity contribution >= 4 is 11.6 Å². The van der Waals surface area contributed by atoms with Gasteiger partial charge in [-0.05, 0) is 43.4 Å². The van der Waals surface area contributed by atoms with Crippen molar-refractivity contribution in [3.05, 3.63) is 29.3 Å². The van der Waals surface area contributed by atoms with Crippen LogP contribution in [-0.4, -0.2) is 23.6 Å². The van der Waals surface area contributed by atoms with Crippen LogP contribution in [0, 0.1) is 5.92 Å². The molecule has 2 rings (SSSR count). The molecule has 1 amide bonds. The minimum atomic E-state index is -0.654. The summed E-state index contributed by atoms with van der Waals surface area (Å²) in [6.07, 6.45) is 1.95. The predicted octanol–water partition coefficient (Wildman–Crippen LogP) is 2.39. The summed E-state index contributed by atoms with van der Waals surface area (Å²) < 4.78 is 0. The van der Waals surface area contributed by atoms with E-state index in [-0.39, 0.29) is 17.9 Å². The number of benzene rings is 1. The van der Waals surface area contributed by atoms with E-state index in [1.165, 1.54) is 0 Å². The number of carbonyl (C=O) groups is 1. The van der Waals surface area contributed by atoms with Crippen LogP contribution in [0.2, 0.25) is 0 Å². The second kappa shape index (κ2) is 6.58. The van der Waals surface area contributed by atoms with Crippen molar-refractivity contribution < 1.29 is 9.90 Å². The molecule has 0 spiro atoms. The Balaban J connectivity index is 2.24. The number of aliphatic hydroxyl groups is 1. The van der Waals surface area contributed by atoms with E-state index in [0.717, 1.165) is 42.6 Å². The Labute approximate surface area is 126 Å². The monoisotopic (exact) mass is 290 g/mol. The summed E-state index contributed by atoms with van der Waals surface area (Å²) in [5.74, 6) is 0.324. The number of hydrogen-bond acceptors (Lipinski definition) is 3. The highest BCUT2D eigenvalue weighted by atomic mass is 16.3. The molecule has 0 saturated heterocycles. The van der Waals surface area contributed by atoms with E-state index in [1.807, 2.05) is 23.1 Å². The van der Waals surface area contributed by atoms with E-state index in [9.17, 15) is 9.90 Å². The molecule has 0 saturated carbocycles. The minimum absolute atomic E-state index is 0.102. The van der Waals surface area contributed by atoms with Gasteiger partial charge in [0.05, 0.1) is 6.10 Å². The van der Waals surface area contributed by atoms with Gasteiger partial charge < -0.3 is 15.7 Å². The fourth-order valence-electron chi connectivity index (χ4n) is 3.00. The van der Waals surface area contributed by atoms with Crippen LogP contribution in [0.1, 0.15) is 50.8 Å². The van der Waals surface area contributed by atoms with Gasteiger partial charge in [0.1, 0.15) is 0 Å². The quantitative estimate of drug-likeness (QED) is 0.875. The van der Waals surface area contributed by atoms with E-state index in [4.69, 9.17) is 5.73 Å². The largest absolute Gasteiger partial charge is 0.387 e. The number of nitrogens with zero attached hydrogens (tertiary/aromatic N) is 1. The van der Waals surface area contributed by atoms with Gasteiger partial charge >= 0.3 is 0 Å². The Morgan fingerprint density at radius 3 is 2.62 bits per heavy atom. The second-order valence-corrected chi connectivity index (χ2v) is 5.95. The molecule has 4 heteroatoms. The maximum Gasteiger partial charge on any atom is 0.230 e. The molecule has 1 aliphatic heterocycles. The van der Waals surface area contributed by atoms with Crippen molar-refractivity contribution in [1.82, 2.24) is 0 Å². The van der Waals surface area contributed by atoms with E-state index in [2.05, 4.69) is 13.8 Å². The average molecular weight is 290 g/mol. The first-order chi connectivity index (χ1) is 9.99. The van der Waals surface area contributed by atoms with E-state index < -0.39 is 6.10 Å². The summed E-state index contributed by atoms with van der Waals surface area (Å²) in [6.45, 7) is 6.65. The SMILES string of the molecule is CCC(CC)C(=O)N1CCc2cc(C(O)C(C)N)ccc21. The lowest BCUT2D eigenvalue weighted by atomic mass is 9.99. The summed E-state index contributed by atoms with van der Waals surface area (Å²) in [5, 5.41) is 10.1. The van der Waals surface area contributed by atoms with Crippen LogP contribution < -0.4 is 10.6 Å². The number of nitrogens with two attached hydrogens (primary N) is 1. The van der Waals surface area contributed by atoms with Gasteiger partial charge in [0.25, 0.3) is 0 Å². The highest BCUT2D eigenvalue weighted by molar-refractivity contribution is 5.97. The maximum absolute atomic E-state index is 12.6. The Morgan fingerprint density at radius 1 is 1.38 bits per heavy atom. The predicted molar refractivity (Wildman–Crippen MR) is 85.2 cm³/mol. The van der Waals surface area contributed by atoms with Crippen LogP contribution in [0.25, 0.3) is 0 Å². The first-order valence-corrected chi connectivity index (χ1v) is 7.87. The van der Waals surface area contributed by atoms with Crippen LogP contribution in [0.15, 0.2) is 18.2 Å². The molecule has 1 heterocycles. The van der Waals surface area contributed by atoms with Crippen molar-refractivity contribution in [2.24, 2.45) is 11.7 Å². The van der Waals surface area contributed by atoms with Crippen LogP contribution >= 0.6 is 0 Å². The number of carbonyl (C=O) groups excluding carboxylic acids is 1. The highest BCUT2D eigenvalue weighted by Gasteiger charge is 2.29. The standard InChI is InChI=1S/C17H26N2O2/c1-4-12(5-2)17(21)19-9-8-13-10-14(6-7-15(13)19)16(20)11(3)18/h6-7,10-12,16,20H,4-5,8-9,18H2,1-3H3. The molecule has 0 aromatic heterocycles. The molecule has 21 heavy (non-hydrogen) atoms. The number of anilines is 1. The third kappa shape index (κ3) is 3.11. The van der Waals surface area contributed by atoms with Gasteiger partial charge in [-0.25, -0.2) is 0 Å². The van der Waals surface area contributed by atoms with Crippen molar-refractivity contribution in [1.29, 1.82) is 0 Å². The Hall–Kier alpha value is -1.39. The molecule has 1 aromatic carbocycles. The summed E-state index contributed by atoms with van der Waals surface area (Å²) in [6, 6.07) is 5.52. The lowest BCUT2D eigenvalue weighted by molar-refractivity contribution is -0.122. The summed E-state index contributed by atoms with van der Waals surface area (Å²) in [5.41, 5.74) is 8.71. The number of aliphatic hydroxyl groups excluding tert-OH is 1. The van der Waals surface area contributed by atoms with E-state index >= 15 is 0 Å². The molecule has 0 radical (unpaired) electrons. The lowest BCUT2D eigenvalue weighted by Crippen LogP contribution is -2.34. The molecule has 1 aliphatic rings. The average Bonchev–Trinajstić information content (AvgIpc) is 2.90. The molecule has 4 nitrogen and oxygen atoms in total. The van der Waals surface area contributed by atoms with Crippen LogP contribution in [0.5, 0.6) is 0 Å². The number of rotatable bonds is 5. The lowest BCUT2D eigenvalue weighted by Gasteiger charge is -2.23. The molecule has 3 N–H and O–H groups in total. The van der Waals surface area contributed by atoms with Gasteiger partial charge in [0.2, 0.25) is 5.91 Å². The molecular weight excluding hydrogens is 264 g/mol. The normalized spacial score (nSPS) is 17.0. The van der Waals surface area contributed by atoms with Gasteiger partial charge in [-0.2, -0.15) is 0 Å². The number of hydrogen-bond donors (Lipinski definition) is 2. The van der Waals surface area contributed by atoms with Gasteiger partial charge in [-0.15, -0.1) is 0 Å². The minimum Gasteiger partial charge on any atom is -0.387 e.